The number of imidazole rings is 1. The highest BCUT2D eigenvalue weighted by molar-refractivity contribution is 5.78. The molecular weight excluding hydrogens is 358 g/mol. The molecule has 0 aliphatic carbocycles. The molecule has 3 rings (SSSR count). The Balaban J connectivity index is 1.58. The third kappa shape index (κ3) is 4.62. The van der Waals surface area contributed by atoms with E-state index in [1.54, 1.807) is 7.11 Å². The lowest BCUT2D eigenvalue weighted by molar-refractivity contribution is -0.120. The Labute approximate surface area is 162 Å². The number of aromatic amines is 2. The minimum Gasteiger partial charge on any atom is -0.497 e. The minimum absolute atomic E-state index is 0.0912. The summed E-state index contributed by atoms with van der Waals surface area (Å²) in [5, 5.41) is 12.3. The number of hydrogen-bond donors (Lipinski definition) is 4. The van der Waals surface area contributed by atoms with Gasteiger partial charge in [0.25, 0.3) is 0 Å². The Morgan fingerprint density at radius 2 is 1.89 bits per heavy atom. The van der Waals surface area contributed by atoms with Gasteiger partial charge in [-0.2, -0.15) is 0 Å². The quantitative estimate of drug-likeness (QED) is 0.504. The Bertz CT molecular complexity index is 1000. The van der Waals surface area contributed by atoms with Gasteiger partial charge in [-0.1, -0.05) is 43.3 Å². The van der Waals surface area contributed by atoms with Crippen LogP contribution in [0.15, 0.2) is 53.3 Å². The number of methoxy groups -OCH3 is 1. The van der Waals surface area contributed by atoms with Crippen molar-refractivity contribution < 1.29 is 14.6 Å². The average Bonchev–Trinajstić information content (AvgIpc) is 3.03. The van der Waals surface area contributed by atoms with Gasteiger partial charge in [-0.15, -0.1) is 0 Å². The molecule has 1 amide bonds. The second kappa shape index (κ2) is 8.47. The SMILES string of the molecule is COc1cccc(-c2ccc(C(C)CNC(=O)Cc3[nH]c(=O)[nH]c3O)cc2)c1. The molecule has 7 nitrogen and oxygen atoms in total. The van der Waals surface area contributed by atoms with Crippen LogP contribution in [0.25, 0.3) is 11.1 Å². The molecule has 4 N–H and O–H groups in total. The zero-order chi connectivity index (χ0) is 20.1. The Kier molecular flexibility index (Phi) is 5.84. The molecule has 0 aliphatic rings. The highest BCUT2D eigenvalue weighted by atomic mass is 16.5. The summed E-state index contributed by atoms with van der Waals surface area (Å²) in [6.07, 6.45) is -0.0912. The lowest BCUT2D eigenvalue weighted by Crippen LogP contribution is -2.29. The maximum atomic E-state index is 12.0. The van der Waals surface area contributed by atoms with Crippen LogP contribution in [0.3, 0.4) is 0 Å². The van der Waals surface area contributed by atoms with E-state index >= 15 is 0 Å². The number of aromatic hydroxyl groups is 1. The van der Waals surface area contributed by atoms with Crippen LogP contribution >= 0.6 is 0 Å². The molecule has 0 saturated heterocycles. The number of H-pyrrole nitrogens is 2. The first-order valence-electron chi connectivity index (χ1n) is 8.97. The van der Waals surface area contributed by atoms with E-state index in [9.17, 15) is 14.7 Å². The van der Waals surface area contributed by atoms with Gasteiger partial charge in [-0.3, -0.25) is 9.78 Å². The molecule has 1 heterocycles. The number of nitrogens with one attached hydrogen (secondary N) is 3. The van der Waals surface area contributed by atoms with Crippen molar-refractivity contribution in [3.05, 3.63) is 70.3 Å². The van der Waals surface area contributed by atoms with Gasteiger partial charge in [-0.05, 0) is 34.7 Å². The Morgan fingerprint density at radius 3 is 2.54 bits per heavy atom. The molecule has 1 atom stereocenters. The molecule has 0 radical (unpaired) electrons. The maximum absolute atomic E-state index is 12.0. The van der Waals surface area contributed by atoms with Crippen molar-refractivity contribution in [2.24, 2.45) is 0 Å². The summed E-state index contributed by atoms with van der Waals surface area (Å²) in [6, 6.07) is 16.1. The molecule has 3 aromatic rings. The van der Waals surface area contributed by atoms with Gasteiger partial charge in [0.15, 0.2) is 0 Å². The van der Waals surface area contributed by atoms with Crippen molar-refractivity contribution in [1.29, 1.82) is 0 Å². The lowest BCUT2D eigenvalue weighted by atomic mass is 9.97. The van der Waals surface area contributed by atoms with E-state index in [0.29, 0.717) is 6.54 Å². The summed E-state index contributed by atoms with van der Waals surface area (Å²) in [5.74, 6) is 0.348. The number of aromatic nitrogens is 2. The smallest absolute Gasteiger partial charge is 0.325 e. The highest BCUT2D eigenvalue weighted by Gasteiger charge is 2.13. The normalized spacial score (nSPS) is 11.8. The number of rotatable bonds is 7. The predicted molar refractivity (Wildman–Crippen MR) is 107 cm³/mol. The van der Waals surface area contributed by atoms with E-state index in [1.807, 2.05) is 55.5 Å². The third-order valence-electron chi connectivity index (χ3n) is 4.61. The fraction of sp³-hybridized carbons (Fsp3) is 0.238. The second-order valence-corrected chi connectivity index (χ2v) is 6.64. The van der Waals surface area contributed by atoms with Crippen molar-refractivity contribution in [3.8, 4) is 22.8 Å². The van der Waals surface area contributed by atoms with Crippen LogP contribution in [0.4, 0.5) is 0 Å². The molecule has 0 fully saturated rings. The molecule has 2 aromatic carbocycles. The van der Waals surface area contributed by atoms with Gasteiger partial charge in [0.2, 0.25) is 11.8 Å². The number of benzene rings is 2. The molecular formula is C21H23N3O4. The Hall–Kier alpha value is -3.48. The van der Waals surface area contributed by atoms with Gasteiger partial charge in [0, 0.05) is 6.54 Å². The lowest BCUT2D eigenvalue weighted by Gasteiger charge is -2.14. The van der Waals surface area contributed by atoms with Crippen LogP contribution in [0, 0.1) is 0 Å². The van der Waals surface area contributed by atoms with E-state index in [2.05, 4.69) is 15.3 Å². The summed E-state index contributed by atoms with van der Waals surface area (Å²) in [4.78, 5) is 27.7. The summed E-state index contributed by atoms with van der Waals surface area (Å²) < 4.78 is 5.27. The molecule has 1 aromatic heterocycles. The topological polar surface area (TPSA) is 107 Å². The van der Waals surface area contributed by atoms with E-state index in [4.69, 9.17) is 4.74 Å². The van der Waals surface area contributed by atoms with Gasteiger partial charge < -0.3 is 20.1 Å². The number of carbonyl (C=O) groups is 1. The highest BCUT2D eigenvalue weighted by Crippen LogP contribution is 2.25. The molecule has 0 aliphatic heterocycles. The summed E-state index contributed by atoms with van der Waals surface area (Å²) >= 11 is 0. The van der Waals surface area contributed by atoms with Crippen molar-refractivity contribution in [2.75, 3.05) is 13.7 Å². The van der Waals surface area contributed by atoms with E-state index in [1.165, 1.54) is 0 Å². The molecule has 28 heavy (non-hydrogen) atoms. The Morgan fingerprint density at radius 1 is 1.14 bits per heavy atom. The number of carbonyl (C=O) groups excluding carboxylic acids is 1. The molecule has 0 spiro atoms. The fourth-order valence-electron chi connectivity index (χ4n) is 2.95. The van der Waals surface area contributed by atoms with Crippen molar-refractivity contribution in [2.45, 2.75) is 19.3 Å². The second-order valence-electron chi connectivity index (χ2n) is 6.64. The van der Waals surface area contributed by atoms with Gasteiger partial charge in [0.05, 0.1) is 19.2 Å². The van der Waals surface area contributed by atoms with Crippen molar-refractivity contribution in [3.63, 3.8) is 0 Å². The molecule has 146 valence electrons. The van der Waals surface area contributed by atoms with Crippen LogP contribution in [-0.2, 0) is 11.2 Å². The zero-order valence-electron chi connectivity index (χ0n) is 15.8. The van der Waals surface area contributed by atoms with Crippen LogP contribution in [0.1, 0.15) is 24.1 Å². The van der Waals surface area contributed by atoms with E-state index in [-0.39, 0.29) is 29.8 Å². The monoisotopic (exact) mass is 381 g/mol. The molecule has 1 unspecified atom stereocenters. The predicted octanol–water partition coefficient (Wildman–Crippen LogP) is 2.55. The van der Waals surface area contributed by atoms with E-state index < -0.39 is 5.69 Å². The number of ether oxygens (including phenoxy) is 1. The van der Waals surface area contributed by atoms with Crippen LogP contribution in [0.5, 0.6) is 11.6 Å². The van der Waals surface area contributed by atoms with Crippen LogP contribution in [-0.4, -0.2) is 34.6 Å². The standard InChI is InChI=1S/C21H23N3O4/c1-13(12-22-19(25)11-18-20(26)24-21(27)23-18)14-6-8-15(9-7-14)16-4-3-5-17(10-16)28-2/h3-10,13,26H,11-12H2,1-2H3,(H,22,25)(H2,23,24,27). The van der Waals surface area contributed by atoms with Gasteiger partial charge in [0.1, 0.15) is 5.75 Å². The third-order valence-corrected chi connectivity index (χ3v) is 4.61. The first-order chi connectivity index (χ1) is 13.5. The summed E-state index contributed by atoms with van der Waals surface area (Å²) in [6.45, 7) is 2.48. The van der Waals surface area contributed by atoms with E-state index in [0.717, 1.165) is 22.4 Å². The summed E-state index contributed by atoms with van der Waals surface area (Å²) in [5.41, 5.74) is 2.91. The minimum atomic E-state index is -0.537. The maximum Gasteiger partial charge on any atom is 0.325 e. The first kappa shape index (κ1) is 19.3. The van der Waals surface area contributed by atoms with Gasteiger partial charge >= 0.3 is 5.69 Å². The molecule has 7 heteroatoms. The summed E-state index contributed by atoms with van der Waals surface area (Å²) in [7, 11) is 1.65. The average molecular weight is 381 g/mol. The largest absolute Gasteiger partial charge is 0.497 e. The van der Waals surface area contributed by atoms with Crippen molar-refractivity contribution in [1.82, 2.24) is 15.3 Å². The molecule has 0 saturated carbocycles. The van der Waals surface area contributed by atoms with Crippen LogP contribution < -0.4 is 15.7 Å². The van der Waals surface area contributed by atoms with Crippen molar-refractivity contribution >= 4 is 5.91 Å². The number of hydrogen-bond acceptors (Lipinski definition) is 4. The van der Waals surface area contributed by atoms with Gasteiger partial charge in [-0.25, -0.2) is 4.79 Å². The van der Waals surface area contributed by atoms with Crippen LogP contribution in [0.2, 0.25) is 0 Å². The fourth-order valence-corrected chi connectivity index (χ4v) is 2.95. The first-order valence-corrected chi connectivity index (χ1v) is 8.97. The zero-order valence-corrected chi connectivity index (χ0v) is 15.8. The molecule has 0 bridgehead atoms. The number of amides is 1.